The number of likely N-dealkylation sites (N-methyl/N-ethyl adjacent to an activating group) is 1. The maximum Gasteiger partial charge on any atom is 0.0159 e. The van der Waals surface area contributed by atoms with Crippen LogP contribution in [-0.2, 0) is 0 Å². The zero-order valence-electron chi connectivity index (χ0n) is 12.8. The molecule has 2 heteroatoms. The minimum atomic E-state index is 0.349. The topological polar surface area (TPSA) is 6.48 Å². The number of nitrogens with zero attached hydrogens (tertiary/aromatic N) is 2. The summed E-state index contributed by atoms with van der Waals surface area (Å²) in [7, 11) is 2.23. The quantitative estimate of drug-likeness (QED) is 0.728. The van der Waals surface area contributed by atoms with E-state index in [9.17, 15) is 0 Å². The maximum absolute atomic E-state index is 2.69. The van der Waals surface area contributed by atoms with Crippen molar-refractivity contribution >= 4 is 0 Å². The van der Waals surface area contributed by atoms with Gasteiger partial charge in [-0.1, -0.05) is 33.6 Å². The normalized spacial score (nSPS) is 20.8. The predicted molar refractivity (Wildman–Crippen MR) is 76.5 cm³/mol. The summed E-state index contributed by atoms with van der Waals surface area (Å²) < 4.78 is 0. The van der Waals surface area contributed by atoms with Gasteiger partial charge in [0.2, 0.25) is 0 Å². The molecule has 1 aliphatic rings. The number of piperazine rings is 1. The molecule has 17 heavy (non-hydrogen) atoms. The van der Waals surface area contributed by atoms with Crippen molar-refractivity contribution in [3.8, 4) is 0 Å². The van der Waals surface area contributed by atoms with Crippen molar-refractivity contribution in [1.29, 1.82) is 0 Å². The average Bonchev–Trinajstić information content (AvgIpc) is 2.29. The van der Waals surface area contributed by atoms with Gasteiger partial charge in [0.1, 0.15) is 0 Å². The van der Waals surface area contributed by atoms with E-state index >= 15 is 0 Å². The molecule has 0 radical (unpaired) electrons. The molecule has 0 spiro atoms. The van der Waals surface area contributed by atoms with E-state index in [0.717, 1.165) is 0 Å². The van der Waals surface area contributed by atoms with Crippen molar-refractivity contribution in [2.45, 2.75) is 59.4 Å². The van der Waals surface area contributed by atoms with Crippen LogP contribution in [0.4, 0.5) is 0 Å². The Morgan fingerprint density at radius 3 is 1.76 bits per heavy atom. The van der Waals surface area contributed by atoms with Crippen LogP contribution >= 0.6 is 0 Å². The summed E-state index contributed by atoms with van der Waals surface area (Å²) in [6, 6.07) is 0. The Morgan fingerprint density at radius 1 is 0.882 bits per heavy atom. The molecule has 0 aromatic carbocycles. The van der Waals surface area contributed by atoms with Gasteiger partial charge >= 0.3 is 0 Å². The van der Waals surface area contributed by atoms with E-state index in [1.54, 1.807) is 0 Å². The Hall–Kier alpha value is -0.0800. The zero-order chi connectivity index (χ0) is 13.1. The fraction of sp³-hybridized carbons (Fsp3) is 1.00. The lowest BCUT2D eigenvalue weighted by Crippen LogP contribution is -2.55. The lowest BCUT2D eigenvalue weighted by molar-refractivity contribution is 0.0265. The van der Waals surface area contributed by atoms with E-state index in [2.05, 4.69) is 51.5 Å². The fourth-order valence-corrected chi connectivity index (χ4v) is 3.07. The van der Waals surface area contributed by atoms with E-state index in [4.69, 9.17) is 0 Å². The van der Waals surface area contributed by atoms with Gasteiger partial charge in [0.05, 0.1) is 0 Å². The van der Waals surface area contributed by atoms with Gasteiger partial charge < -0.3 is 4.90 Å². The van der Waals surface area contributed by atoms with Crippen LogP contribution in [0.25, 0.3) is 0 Å². The van der Waals surface area contributed by atoms with Gasteiger partial charge in [-0.25, -0.2) is 0 Å². The number of hydrogen-bond acceptors (Lipinski definition) is 2. The van der Waals surface area contributed by atoms with Gasteiger partial charge in [0, 0.05) is 31.7 Å². The second-order valence-electron chi connectivity index (χ2n) is 6.80. The molecule has 0 unspecified atom stereocenters. The molecule has 1 rings (SSSR count). The minimum Gasteiger partial charge on any atom is -0.304 e. The molecule has 0 amide bonds. The number of hydrogen-bond donors (Lipinski definition) is 0. The van der Waals surface area contributed by atoms with E-state index in [1.165, 1.54) is 45.4 Å². The summed E-state index contributed by atoms with van der Waals surface area (Å²) in [5.41, 5.74) is 0.856. The molecular formula is C15H32N2. The second kappa shape index (κ2) is 5.71. The van der Waals surface area contributed by atoms with Crippen molar-refractivity contribution in [3.63, 3.8) is 0 Å². The highest BCUT2D eigenvalue weighted by molar-refractivity contribution is 4.90. The third kappa shape index (κ3) is 3.96. The SMILES string of the molecule is CCC(C)(CC)CC(C)(C)N1CCN(C)CC1. The molecular weight excluding hydrogens is 208 g/mol. The maximum atomic E-state index is 2.69. The predicted octanol–water partition coefficient (Wildman–Crippen LogP) is 3.23. The van der Waals surface area contributed by atoms with Gasteiger partial charge in [-0.05, 0) is 32.7 Å². The molecule has 0 N–H and O–H groups in total. The monoisotopic (exact) mass is 240 g/mol. The van der Waals surface area contributed by atoms with E-state index < -0.39 is 0 Å². The number of rotatable bonds is 5. The Labute approximate surface area is 108 Å². The molecule has 1 aliphatic heterocycles. The Morgan fingerprint density at radius 2 is 1.35 bits per heavy atom. The van der Waals surface area contributed by atoms with Crippen molar-refractivity contribution in [1.82, 2.24) is 9.80 Å². The molecule has 1 fully saturated rings. The van der Waals surface area contributed by atoms with Crippen molar-refractivity contribution in [2.75, 3.05) is 33.2 Å². The largest absolute Gasteiger partial charge is 0.304 e. The van der Waals surface area contributed by atoms with Crippen LogP contribution < -0.4 is 0 Å². The van der Waals surface area contributed by atoms with Crippen molar-refractivity contribution < 1.29 is 0 Å². The second-order valence-corrected chi connectivity index (χ2v) is 6.80. The minimum absolute atomic E-state index is 0.349. The average molecular weight is 240 g/mol. The first-order valence-electron chi connectivity index (χ1n) is 7.26. The smallest absolute Gasteiger partial charge is 0.0159 e. The molecule has 0 bridgehead atoms. The molecule has 0 saturated carbocycles. The molecule has 0 atom stereocenters. The molecule has 102 valence electrons. The first-order valence-corrected chi connectivity index (χ1v) is 7.26. The highest BCUT2D eigenvalue weighted by Gasteiger charge is 2.35. The summed E-state index contributed by atoms with van der Waals surface area (Å²) in [5.74, 6) is 0. The summed E-state index contributed by atoms with van der Waals surface area (Å²) in [5, 5.41) is 0. The van der Waals surface area contributed by atoms with Crippen LogP contribution in [0.5, 0.6) is 0 Å². The molecule has 1 saturated heterocycles. The lowest BCUT2D eigenvalue weighted by atomic mass is 9.74. The van der Waals surface area contributed by atoms with E-state index in [-0.39, 0.29) is 0 Å². The van der Waals surface area contributed by atoms with E-state index in [1.807, 2.05) is 0 Å². The van der Waals surface area contributed by atoms with Gasteiger partial charge in [-0.2, -0.15) is 0 Å². The highest BCUT2D eigenvalue weighted by Crippen LogP contribution is 2.37. The fourth-order valence-electron chi connectivity index (χ4n) is 3.07. The molecule has 0 aliphatic carbocycles. The molecule has 0 aromatic heterocycles. The molecule has 2 nitrogen and oxygen atoms in total. The van der Waals surface area contributed by atoms with E-state index in [0.29, 0.717) is 11.0 Å². The first-order chi connectivity index (χ1) is 7.83. The van der Waals surface area contributed by atoms with Crippen LogP contribution in [0.15, 0.2) is 0 Å². The van der Waals surface area contributed by atoms with Crippen LogP contribution in [0.3, 0.4) is 0 Å². The van der Waals surface area contributed by atoms with Crippen molar-refractivity contribution in [3.05, 3.63) is 0 Å². The van der Waals surface area contributed by atoms with Gasteiger partial charge in [0.25, 0.3) is 0 Å². The standard InChI is InChI=1S/C15H32N2/c1-7-15(5,8-2)13-14(3,4)17-11-9-16(6)10-12-17/h7-13H2,1-6H3. The summed E-state index contributed by atoms with van der Waals surface area (Å²) in [6.45, 7) is 16.9. The van der Waals surface area contributed by atoms with Gasteiger partial charge in [0.15, 0.2) is 0 Å². The molecule has 1 heterocycles. The van der Waals surface area contributed by atoms with Crippen LogP contribution in [0, 0.1) is 5.41 Å². The summed E-state index contributed by atoms with van der Waals surface area (Å²) in [4.78, 5) is 5.13. The summed E-state index contributed by atoms with van der Waals surface area (Å²) >= 11 is 0. The van der Waals surface area contributed by atoms with Crippen molar-refractivity contribution in [2.24, 2.45) is 5.41 Å². The third-order valence-electron chi connectivity index (χ3n) is 4.93. The lowest BCUT2D eigenvalue weighted by Gasteiger charge is -2.47. The van der Waals surface area contributed by atoms with Crippen LogP contribution in [0.2, 0.25) is 0 Å². The van der Waals surface area contributed by atoms with Crippen LogP contribution in [-0.4, -0.2) is 48.6 Å². The first kappa shape index (κ1) is 15.0. The Kier molecular flexibility index (Phi) is 5.03. The van der Waals surface area contributed by atoms with Gasteiger partial charge in [-0.15, -0.1) is 0 Å². The Bertz CT molecular complexity index is 223. The van der Waals surface area contributed by atoms with Crippen LogP contribution in [0.1, 0.15) is 53.9 Å². The highest BCUT2D eigenvalue weighted by atomic mass is 15.3. The zero-order valence-corrected chi connectivity index (χ0v) is 12.8. The Balaban J connectivity index is 2.61. The van der Waals surface area contributed by atoms with Gasteiger partial charge in [-0.3, -0.25) is 4.90 Å². The third-order valence-corrected chi connectivity index (χ3v) is 4.93. The molecule has 0 aromatic rings. The summed E-state index contributed by atoms with van der Waals surface area (Å²) in [6.07, 6.45) is 3.90.